The molecule has 1 N–H and O–H groups in total. The smallest absolute Gasteiger partial charge is 0.223 e. The maximum atomic E-state index is 12.6. The highest BCUT2D eigenvalue weighted by molar-refractivity contribution is 5.76. The van der Waals surface area contributed by atoms with Crippen LogP contribution in [0.2, 0.25) is 0 Å². The van der Waals surface area contributed by atoms with Gasteiger partial charge in [0.25, 0.3) is 0 Å². The number of piperidine rings is 1. The van der Waals surface area contributed by atoms with E-state index in [9.17, 15) is 4.79 Å². The molecule has 3 rings (SSSR count). The first-order valence-electron chi connectivity index (χ1n) is 8.15. The molecular weight excluding hydrogens is 264 g/mol. The fourth-order valence-corrected chi connectivity index (χ4v) is 3.87. The quantitative estimate of drug-likeness (QED) is 0.898. The predicted molar refractivity (Wildman–Crippen MR) is 81.6 cm³/mol. The molecule has 0 spiro atoms. The molecule has 2 fully saturated rings. The van der Waals surface area contributed by atoms with E-state index in [1.807, 2.05) is 24.3 Å². The Balaban J connectivity index is 1.55. The third kappa shape index (κ3) is 3.46. The minimum Gasteiger partial charge on any atom is -0.339 e. The molecule has 2 saturated heterocycles. The van der Waals surface area contributed by atoms with E-state index in [0.29, 0.717) is 36.9 Å². The number of carbonyl (C=O) groups excluding carboxylic acids is 1. The monoisotopic (exact) mass is 290 g/mol. The summed E-state index contributed by atoms with van der Waals surface area (Å²) in [6.07, 6.45) is 9.48. The molecule has 2 aliphatic rings. The molecule has 1 unspecified atom stereocenters. The van der Waals surface area contributed by atoms with Gasteiger partial charge in [0.05, 0.1) is 6.20 Å². The highest BCUT2D eigenvalue weighted by Crippen LogP contribution is 2.33. The van der Waals surface area contributed by atoms with E-state index < -0.39 is 0 Å². The number of rotatable bonds is 5. The van der Waals surface area contributed by atoms with Crippen molar-refractivity contribution >= 4 is 5.91 Å². The highest BCUT2D eigenvalue weighted by Gasteiger charge is 2.34. The summed E-state index contributed by atoms with van der Waals surface area (Å²) >= 11 is 0. The number of nitrogens with zero attached hydrogens (tertiary/aromatic N) is 3. The number of hydrogen-bond acceptors (Lipinski definition) is 3. The van der Waals surface area contributed by atoms with Crippen molar-refractivity contribution < 1.29 is 4.79 Å². The van der Waals surface area contributed by atoms with Crippen molar-refractivity contribution in [1.82, 2.24) is 20.0 Å². The van der Waals surface area contributed by atoms with Gasteiger partial charge < -0.3 is 10.2 Å². The van der Waals surface area contributed by atoms with Gasteiger partial charge in [-0.3, -0.25) is 9.48 Å². The Morgan fingerprint density at radius 2 is 2.14 bits per heavy atom. The van der Waals surface area contributed by atoms with Crippen LogP contribution in [-0.4, -0.2) is 39.2 Å². The van der Waals surface area contributed by atoms with Gasteiger partial charge in [0, 0.05) is 50.4 Å². The molecule has 0 radical (unpaired) electrons. The number of aryl methyl sites for hydroxylation is 1. The summed E-state index contributed by atoms with van der Waals surface area (Å²) in [5.74, 6) is 0.867. The lowest BCUT2D eigenvalue weighted by Gasteiger charge is -2.30. The predicted octanol–water partition coefficient (Wildman–Crippen LogP) is 1.69. The zero-order valence-corrected chi connectivity index (χ0v) is 13.1. The fourth-order valence-electron chi connectivity index (χ4n) is 3.87. The number of aromatic nitrogens is 2. The van der Waals surface area contributed by atoms with E-state index in [-0.39, 0.29) is 0 Å². The maximum absolute atomic E-state index is 12.6. The zero-order valence-electron chi connectivity index (χ0n) is 13.1. The van der Waals surface area contributed by atoms with E-state index in [2.05, 4.69) is 17.3 Å². The molecule has 3 atom stereocenters. The molecule has 0 saturated carbocycles. The van der Waals surface area contributed by atoms with Gasteiger partial charge in [-0.15, -0.1) is 0 Å². The van der Waals surface area contributed by atoms with Crippen LogP contribution in [0.5, 0.6) is 0 Å². The Labute approximate surface area is 126 Å². The van der Waals surface area contributed by atoms with Crippen molar-refractivity contribution in [2.75, 3.05) is 6.54 Å². The lowest BCUT2D eigenvalue weighted by molar-refractivity contribution is -0.132. The van der Waals surface area contributed by atoms with Crippen LogP contribution in [0.1, 0.15) is 44.6 Å². The summed E-state index contributed by atoms with van der Waals surface area (Å²) in [6.45, 7) is 3.51. The summed E-state index contributed by atoms with van der Waals surface area (Å²) in [6, 6.07) is 1.32. The van der Waals surface area contributed by atoms with Crippen molar-refractivity contribution in [2.45, 2.75) is 57.7 Å². The van der Waals surface area contributed by atoms with Gasteiger partial charge in [-0.05, 0) is 38.5 Å². The van der Waals surface area contributed by atoms with Crippen LogP contribution in [0.25, 0.3) is 0 Å². The first kappa shape index (κ1) is 14.6. The molecule has 2 bridgehead atoms. The van der Waals surface area contributed by atoms with E-state index >= 15 is 0 Å². The van der Waals surface area contributed by atoms with E-state index in [1.54, 1.807) is 4.68 Å². The molecule has 0 aromatic carbocycles. The van der Waals surface area contributed by atoms with Crippen molar-refractivity contribution in [2.24, 2.45) is 13.0 Å². The van der Waals surface area contributed by atoms with Crippen LogP contribution in [0.15, 0.2) is 12.4 Å². The minimum absolute atomic E-state index is 0.299. The SMILES string of the molecule is CCN(Cc1cnn(C)c1)C(=O)CC1C[C@H]2CC[C@@H](C1)N2. The molecule has 0 aliphatic carbocycles. The Morgan fingerprint density at radius 3 is 2.71 bits per heavy atom. The van der Waals surface area contributed by atoms with Gasteiger partial charge in [-0.25, -0.2) is 0 Å². The third-order valence-electron chi connectivity index (χ3n) is 4.90. The Hall–Kier alpha value is -1.36. The van der Waals surface area contributed by atoms with Crippen LogP contribution in [0.3, 0.4) is 0 Å². The molecule has 1 aromatic rings. The molecule has 116 valence electrons. The van der Waals surface area contributed by atoms with Crippen LogP contribution in [0.4, 0.5) is 0 Å². The summed E-state index contributed by atoms with van der Waals surface area (Å²) in [4.78, 5) is 14.5. The van der Waals surface area contributed by atoms with Gasteiger partial charge in [0.1, 0.15) is 0 Å². The second-order valence-electron chi connectivity index (χ2n) is 6.61. The summed E-state index contributed by atoms with van der Waals surface area (Å²) < 4.78 is 1.79. The van der Waals surface area contributed by atoms with Crippen molar-refractivity contribution in [3.8, 4) is 0 Å². The average Bonchev–Trinajstić information content (AvgIpc) is 3.01. The van der Waals surface area contributed by atoms with E-state index in [4.69, 9.17) is 0 Å². The van der Waals surface area contributed by atoms with Gasteiger partial charge >= 0.3 is 0 Å². The Kier molecular flexibility index (Phi) is 4.29. The first-order chi connectivity index (χ1) is 10.1. The number of hydrogen-bond donors (Lipinski definition) is 1. The highest BCUT2D eigenvalue weighted by atomic mass is 16.2. The fraction of sp³-hybridized carbons (Fsp3) is 0.750. The topological polar surface area (TPSA) is 50.2 Å². The summed E-state index contributed by atoms with van der Waals surface area (Å²) in [7, 11) is 1.91. The molecule has 5 nitrogen and oxygen atoms in total. The van der Waals surface area contributed by atoms with Crippen LogP contribution >= 0.6 is 0 Å². The van der Waals surface area contributed by atoms with Crippen molar-refractivity contribution in [3.63, 3.8) is 0 Å². The number of carbonyl (C=O) groups is 1. The minimum atomic E-state index is 0.299. The van der Waals surface area contributed by atoms with Crippen molar-refractivity contribution in [3.05, 3.63) is 18.0 Å². The van der Waals surface area contributed by atoms with Gasteiger partial charge in [0.2, 0.25) is 5.91 Å². The lowest BCUT2D eigenvalue weighted by Crippen LogP contribution is -2.40. The lowest BCUT2D eigenvalue weighted by atomic mass is 9.89. The largest absolute Gasteiger partial charge is 0.339 e. The number of fused-ring (bicyclic) bond motifs is 2. The molecule has 3 heterocycles. The third-order valence-corrected chi connectivity index (χ3v) is 4.90. The molecule has 5 heteroatoms. The second kappa shape index (κ2) is 6.18. The van der Waals surface area contributed by atoms with E-state index in [0.717, 1.165) is 12.1 Å². The molecular formula is C16H26N4O. The Bertz CT molecular complexity index is 486. The van der Waals surface area contributed by atoms with Gasteiger partial charge in [-0.2, -0.15) is 5.10 Å². The van der Waals surface area contributed by atoms with Crippen LogP contribution in [-0.2, 0) is 18.4 Å². The summed E-state index contributed by atoms with van der Waals surface area (Å²) in [5.41, 5.74) is 1.11. The second-order valence-corrected chi connectivity index (χ2v) is 6.61. The number of nitrogens with one attached hydrogen (secondary N) is 1. The Morgan fingerprint density at radius 1 is 1.43 bits per heavy atom. The average molecular weight is 290 g/mol. The summed E-state index contributed by atoms with van der Waals surface area (Å²) in [5, 5.41) is 7.82. The molecule has 1 amide bonds. The zero-order chi connectivity index (χ0) is 14.8. The van der Waals surface area contributed by atoms with E-state index in [1.165, 1.54) is 25.7 Å². The number of amides is 1. The van der Waals surface area contributed by atoms with Crippen LogP contribution in [0, 0.1) is 5.92 Å². The molecule has 1 aromatic heterocycles. The standard InChI is InChI=1S/C16H26N4O/c1-3-20(11-13-9-17-19(2)10-13)16(21)8-12-6-14-4-5-15(7-12)18-14/h9-10,12,14-15,18H,3-8,11H2,1-2H3/t12?,14-,15+. The normalized spacial score (nSPS) is 27.8. The van der Waals surface area contributed by atoms with Gasteiger partial charge in [0.15, 0.2) is 0 Å². The van der Waals surface area contributed by atoms with Gasteiger partial charge in [-0.1, -0.05) is 0 Å². The maximum Gasteiger partial charge on any atom is 0.223 e. The molecule has 2 aliphatic heterocycles. The van der Waals surface area contributed by atoms with Crippen LogP contribution < -0.4 is 5.32 Å². The first-order valence-corrected chi connectivity index (χ1v) is 8.15. The van der Waals surface area contributed by atoms with Crippen molar-refractivity contribution in [1.29, 1.82) is 0 Å². The molecule has 21 heavy (non-hydrogen) atoms.